The molecule has 1 saturated heterocycles. The van der Waals surface area contributed by atoms with Gasteiger partial charge in [-0.1, -0.05) is 17.3 Å². The first-order chi connectivity index (χ1) is 10.6. The minimum atomic E-state index is -2.80. The lowest BCUT2D eigenvalue weighted by atomic mass is 10.1. The molecule has 6 nitrogen and oxygen atoms in total. The Kier molecular flexibility index (Phi) is 4.10. The molecule has 1 aromatic carbocycles. The van der Waals surface area contributed by atoms with E-state index in [1.165, 1.54) is 0 Å². The van der Waals surface area contributed by atoms with E-state index in [9.17, 15) is 13.6 Å². The highest BCUT2D eigenvalue weighted by atomic mass is 19.3. The van der Waals surface area contributed by atoms with E-state index in [0.717, 1.165) is 13.1 Å². The number of alkyl halides is 2. The molecule has 2 aromatic rings. The van der Waals surface area contributed by atoms with Crippen LogP contribution in [-0.2, 0) is 0 Å². The maximum atomic E-state index is 12.4. The Morgan fingerprint density at radius 3 is 2.50 bits per heavy atom. The molecule has 1 aliphatic heterocycles. The molecule has 0 unspecified atom stereocenters. The molecule has 1 fully saturated rings. The average molecular weight is 308 g/mol. The summed E-state index contributed by atoms with van der Waals surface area (Å²) < 4.78 is 29.3. The van der Waals surface area contributed by atoms with Gasteiger partial charge in [0.2, 0.25) is 5.82 Å². The van der Waals surface area contributed by atoms with Crippen LogP contribution in [0.2, 0.25) is 0 Å². The van der Waals surface area contributed by atoms with Gasteiger partial charge in [-0.2, -0.15) is 13.8 Å². The average Bonchev–Trinajstić information content (AvgIpc) is 3.05. The second-order valence-electron chi connectivity index (χ2n) is 4.88. The largest absolute Gasteiger partial charge is 0.336 e. The van der Waals surface area contributed by atoms with E-state index >= 15 is 0 Å². The molecule has 0 aliphatic carbocycles. The van der Waals surface area contributed by atoms with Crippen LogP contribution in [-0.4, -0.2) is 47.1 Å². The summed E-state index contributed by atoms with van der Waals surface area (Å²) in [6, 6.07) is 6.52. The number of hydrogen-bond donors (Lipinski definition) is 1. The van der Waals surface area contributed by atoms with Crippen molar-refractivity contribution in [1.82, 2.24) is 20.4 Å². The van der Waals surface area contributed by atoms with Crippen LogP contribution in [0.4, 0.5) is 8.78 Å². The fourth-order valence-corrected chi connectivity index (χ4v) is 2.25. The highest BCUT2D eigenvalue weighted by molar-refractivity contribution is 5.94. The molecule has 1 aromatic heterocycles. The summed E-state index contributed by atoms with van der Waals surface area (Å²) in [5, 5.41) is 6.68. The SMILES string of the molecule is O=C(c1ccc(-c2noc(C(F)F)n2)cc1)N1CCNCC1. The van der Waals surface area contributed by atoms with E-state index < -0.39 is 12.3 Å². The highest BCUT2D eigenvalue weighted by Crippen LogP contribution is 2.22. The van der Waals surface area contributed by atoms with Gasteiger partial charge in [-0.15, -0.1) is 0 Å². The summed E-state index contributed by atoms with van der Waals surface area (Å²) in [7, 11) is 0. The number of nitrogens with zero attached hydrogens (tertiary/aromatic N) is 3. The third-order valence-corrected chi connectivity index (χ3v) is 3.42. The molecule has 0 bridgehead atoms. The molecule has 1 amide bonds. The zero-order valence-corrected chi connectivity index (χ0v) is 11.6. The van der Waals surface area contributed by atoms with Crippen LogP contribution in [0.25, 0.3) is 11.4 Å². The minimum Gasteiger partial charge on any atom is -0.336 e. The van der Waals surface area contributed by atoms with Crippen molar-refractivity contribution in [3.05, 3.63) is 35.7 Å². The molecule has 0 spiro atoms. The molecule has 0 saturated carbocycles. The quantitative estimate of drug-likeness (QED) is 0.935. The number of carbonyl (C=O) groups is 1. The monoisotopic (exact) mass is 308 g/mol. The molecule has 1 N–H and O–H groups in total. The van der Waals surface area contributed by atoms with E-state index in [-0.39, 0.29) is 11.7 Å². The minimum absolute atomic E-state index is 0.0468. The molecule has 8 heteroatoms. The number of carbonyl (C=O) groups excluding carboxylic acids is 1. The van der Waals surface area contributed by atoms with E-state index in [0.29, 0.717) is 24.2 Å². The normalized spacial score (nSPS) is 15.3. The van der Waals surface area contributed by atoms with Gasteiger partial charge < -0.3 is 14.7 Å². The Hall–Kier alpha value is -2.35. The van der Waals surface area contributed by atoms with Gasteiger partial charge in [0, 0.05) is 37.3 Å². The number of rotatable bonds is 3. The summed E-state index contributed by atoms with van der Waals surface area (Å²) in [6.07, 6.45) is -2.80. The Balaban J connectivity index is 1.75. The van der Waals surface area contributed by atoms with Gasteiger partial charge >= 0.3 is 6.43 Å². The lowest BCUT2D eigenvalue weighted by Gasteiger charge is -2.27. The summed E-state index contributed by atoms with van der Waals surface area (Å²) in [4.78, 5) is 17.7. The molecule has 0 radical (unpaired) electrons. The number of hydrogen-bond acceptors (Lipinski definition) is 5. The van der Waals surface area contributed by atoms with Crippen molar-refractivity contribution in [3.63, 3.8) is 0 Å². The van der Waals surface area contributed by atoms with Gasteiger partial charge in [-0.05, 0) is 12.1 Å². The van der Waals surface area contributed by atoms with Crippen molar-refractivity contribution < 1.29 is 18.1 Å². The molecule has 3 rings (SSSR count). The number of piperazine rings is 1. The van der Waals surface area contributed by atoms with Crippen LogP contribution in [0.5, 0.6) is 0 Å². The lowest BCUT2D eigenvalue weighted by molar-refractivity contribution is 0.0736. The fraction of sp³-hybridized carbons (Fsp3) is 0.357. The highest BCUT2D eigenvalue weighted by Gasteiger charge is 2.19. The van der Waals surface area contributed by atoms with Gasteiger partial charge in [0.05, 0.1) is 0 Å². The van der Waals surface area contributed by atoms with Crippen molar-refractivity contribution in [3.8, 4) is 11.4 Å². The second kappa shape index (κ2) is 6.18. The summed E-state index contributed by atoms with van der Waals surface area (Å²) in [6.45, 7) is 2.90. The van der Waals surface area contributed by atoms with Crippen molar-refractivity contribution in [2.45, 2.75) is 6.43 Å². The van der Waals surface area contributed by atoms with E-state index in [1.807, 2.05) is 0 Å². The zero-order valence-electron chi connectivity index (χ0n) is 11.6. The number of benzene rings is 1. The predicted octanol–water partition coefficient (Wildman–Crippen LogP) is 1.72. The Bertz CT molecular complexity index is 651. The lowest BCUT2D eigenvalue weighted by Crippen LogP contribution is -2.46. The van der Waals surface area contributed by atoms with Crippen LogP contribution in [0, 0.1) is 0 Å². The third kappa shape index (κ3) is 2.96. The Morgan fingerprint density at radius 2 is 1.91 bits per heavy atom. The first-order valence-corrected chi connectivity index (χ1v) is 6.87. The van der Waals surface area contributed by atoms with Crippen molar-refractivity contribution in [2.24, 2.45) is 0 Å². The van der Waals surface area contributed by atoms with E-state index in [2.05, 4.69) is 20.0 Å². The second-order valence-corrected chi connectivity index (χ2v) is 4.88. The fourth-order valence-electron chi connectivity index (χ4n) is 2.25. The van der Waals surface area contributed by atoms with Gasteiger partial charge in [-0.25, -0.2) is 0 Å². The van der Waals surface area contributed by atoms with E-state index in [1.54, 1.807) is 29.2 Å². The molecule has 2 heterocycles. The molecule has 22 heavy (non-hydrogen) atoms. The van der Waals surface area contributed by atoms with Gasteiger partial charge in [-0.3, -0.25) is 4.79 Å². The number of halogens is 2. The topological polar surface area (TPSA) is 71.3 Å². The molecule has 0 atom stereocenters. The Morgan fingerprint density at radius 1 is 1.23 bits per heavy atom. The predicted molar refractivity (Wildman–Crippen MR) is 73.5 cm³/mol. The van der Waals surface area contributed by atoms with E-state index in [4.69, 9.17) is 0 Å². The summed E-state index contributed by atoms with van der Waals surface area (Å²) in [5.41, 5.74) is 1.07. The number of amides is 1. The smallest absolute Gasteiger partial charge is 0.315 e. The van der Waals surface area contributed by atoms with Crippen LogP contribution in [0.1, 0.15) is 22.7 Å². The molecular weight excluding hydrogens is 294 g/mol. The third-order valence-electron chi connectivity index (χ3n) is 3.42. The molecular formula is C14H14F2N4O2. The Labute approximate surface area is 125 Å². The van der Waals surface area contributed by atoms with Gasteiger partial charge in [0.1, 0.15) is 0 Å². The maximum Gasteiger partial charge on any atom is 0.315 e. The van der Waals surface area contributed by atoms with Crippen molar-refractivity contribution in [2.75, 3.05) is 26.2 Å². The summed E-state index contributed by atoms with van der Waals surface area (Å²) in [5.74, 6) is -0.679. The van der Waals surface area contributed by atoms with Crippen LogP contribution < -0.4 is 5.32 Å². The number of nitrogens with one attached hydrogen (secondary N) is 1. The first-order valence-electron chi connectivity index (χ1n) is 6.87. The van der Waals surface area contributed by atoms with Crippen molar-refractivity contribution in [1.29, 1.82) is 0 Å². The number of aromatic nitrogens is 2. The van der Waals surface area contributed by atoms with Crippen molar-refractivity contribution >= 4 is 5.91 Å². The van der Waals surface area contributed by atoms with Crippen LogP contribution >= 0.6 is 0 Å². The standard InChI is InChI=1S/C14H14F2N4O2/c15-11(16)13-18-12(19-22-13)9-1-3-10(4-2-9)14(21)20-7-5-17-6-8-20/h1-4,11,17H,5-8H2. The molecule has 116 valence electrons. The van der Waals surface area contributed by atoms with Gasteiger partial charge in [0.25, 0.3) is 11.8 Å². The van der Waals surface area contributed by atoms with Crippen LogP contribution in [0.3, 0.4) is 0 Å². The van der Waals surface area contributed by atoms with Gasteiger partial charge in [0.15, 0.2) is 0 Å². The zero-order chi connectivity index (χ0) is 15.5. The maximum absolute atomic E-state index is 12.4. The molecule has 1 aliphatic rings. The summed E-state index contributed by atoms with van der Waals surface area (Å²) >= 11 is 0. The van der Waals surface area contributed by atoms with Crippen LogP contribution in [0.15, 0.2) is 28.8 Å². The first kappa shape index (κ1) is 14.6.